The Bertz CT molecular complexity index is 508. The van der Waals surface area contributed by atoms with Crippen LogP contribution in [0.3, 0.4) is 0 Å². The maximum Gasteiger partial charge on any atom is 0.326 e. The number of carboxylic acids is 1. The molecule has 1 aromatic heterocycles. The first-order valence-electron chi connectivity index (χ1n) is 5.41. The van der Waals surface area contributed by atoms with Crippen LogP contribution in [0.15, 0.2) is 16.9 Å². The zero-order valence-electron chi connectivity index (χ0n) is 9.77. The molecule has 18 heavy (non-hydrogen) atoms. The molecule has 1 heterocycles. The molecule has 0 bridgehead atoms. The summed E-state index contributed by atoms with van der Waals surface area (Å²) in [6.45, 7) is 1.79. The predicted molar refractivity (Wildman–Crippen MR) is 62.5 cm³/mol. The van der Waals surface area contributed by atoms with Crippen LogP contribution in [-0.2, 0) is 4.79 Å². The Morgan fingerprint density at radius 2 is 2.11 bits per heavy atom. The number of amides is 1. The summed E-state index contributed by atoms with van der Waals surface area (Å²) in [4.78, 5) is 35.7. The zero-order chi connectivity index (χ0) is 13.7. The van der Waals surface area contributed by atoms with Crippen molar-refractivity contribution in [3.8, 4) is 5.88 Å². The van der Waals surface area contributed by atoms with Crippen molar-refractivity contribution in [3.63, 3.8) is 0 Å². The lowest BCUT2D eigenvalue weighted by molar-refractivity contribution is -0.139. The van der Waals surface area contributed by atoms with E-state index in [1.54, 1.807) is 6.92 Å². The minimum Gasteiger partial charge on any atom is -0.494 e. The van der Waals surface area contributed by atoms with E-state index in [1.807, 2.05) is 0 Å². The quantitative estimate of drug-likeness (QED) is 0.592. The lowest BCUT2D eigenvalue weighted by Gasteiger charge is -2.13. The number of aromatic hydroxyl groups is 1. The van der Waals surface area contributed by atoms with Gasteiger partial charge in [-0.1, -0.05) is 13.3 Å². The molecule has 1 aromatic rings. The molecule has 7 heteroatoms. The Labute approximate surface area is 102 Å². The highest BCUT2D eigenvalue weighted by atomic mass is 16.4. The number of aromatic amines is 1. The number of H-pyrrole nitrogens is 1. The Balaban J connectivity index is 2.86. The molecular formula is C11H14N2O5. The van der Waals surface area contributed by atoms with Gasteiger partial charge >= 0.3 is 5.97 Å². The Morgan fingerprint density at radius 3 is 2.61 bits per heavy atom. The molecule has 0 radical (unpaired) electrons. The fraction of sp³-hybridized carbons (Fsp3) is 0.364. The fourth-order valence-electron chi connectivity index (χ4n) is 1.45. The smallest absolute Gasteiger partial charge is 0.326 e. The van der Waals surface area contributed by atoms with Gasteiger partial charge in [0, 0.05) is 12.1 Å². The number of aliphatic carboxylic acids is 1. The van der Waals surface area contributed by atoms with Crippen molar-refractivity contribution in [2.24, 2.45) is 0 Å². The lowest BCUT2D eigenvalue weighted by Crippen LogP contribution is -2.40. The predicted octanol–water partition coefficient (Wildman–Crippen LogP) is 0.0636. The van der Waals surface area contributed by atoms with Crippen LogP contribution >= 0.6 is 0 Å². The molecule has 7 nitrogen and oxygen atoms in total. The molecule has 0 saturated carbocycles. The van der Waals surface area contributed by atoms with Crippen LogP contribution in [0.2, 0.25) is 0 Å². The maximum atomic E-state index is 11.7. The zero-order valence-corrected chi connectivity index (χ0v) is 9.77. The molecular weight excluding hydrogens is 240 g/mol. The molecule has 0 fully saturated rings. The minimum atomic E-state index is -1.14. The average molecular weight is 254 g/mol. The largest absolute Gasteiger partial charge is 0.494 e. The van der Waals surface area contributed by atoms with Crippen LogP contribution in [0.4, 0.5) is 0 Å². The summed E-state index contributed by atoms with van der Waals surface area (Å²) < 4.78 is 0. The molecule has 0 aliphatic rings. The van der Waals surface area contributed by atoms with Gasteiger partial charge in [-0.25, -0.2) is 4.79 Å². The molecule has 1 atom stereocenters. The van der Waals surface area contributed by atoms with Gasteiger partial charge in [0.15, 0.2) is 5.88 Å². The third-order valence-electron chi connectivity index (χ3n) is 2.27. The first-order valence-corrected chi connectivity index (χ1v) is 5.41. The topological polar surface area (TPSA) is 119 Å². The summed E-state index contributed by atoms with van der Waals surface area (Å²) in [5.74, 6) is -2.30. The van der Waals surface area contributed by atoms with E-state index in [2.05, 4.69) is 10.3 Å². The first kappa shape index (κ1) is 13.8. The van der Waals surface area contributed by atoms with Gasteiger partial charge in [0.1, 0.15) is 6.04 Å². The molecule has 0 spiro atoms. The highest BCUT2D eigenvalue weighted by molar-refractivity contribution is 5.96. The van der Waals surface area contributed by atoms with Gasteiger partial charge in [-0.3, -0.25) is 14.6 Å². The van der Waals surface area contributed by atoms with Gasteiger partial charge in [0.2, 0.25) is 0 Å². The summed E-state index contributed by atoms with van der Waals surface area (Å²) in [5.41, 5.74) is -0.721. The van der Waals surface area contributed by atoms with Gasteiger partial charge < -0.3 is 15.5 Å². The third kappa shape index (κ3) is 3.62. The number of aromatic nitrogens is 1. The van der Waals surface area contributed by atoms with E-state index in [4.69, 9.17) is 10.2 Å². The number of hydrogen-bond donors (Lipinski definition) is 4. The van der Waals surface area contributed by atoms with Crippen molar-refractivity contribution in [2.45, 2.75) is 25.8 Å². The molecule has 98 valence electrons. The highest BCUT2D eigenvalue weighted by Gasteiger charge is 2.20. The molecule has 0 saturated heterocycles. The van der Waals surface area contributed by atoms with Crippen LogP contribution in [0, 0.1) is 0 Å². The molecule has 4 N–H and O–H groups in total. The second-order valence-electron chi connectivity index (χ2n) is 3.77. The minimum absolute atomic E-state index is 0.0846. The lowest BCUT2D eigenvalue weighted by atomic mass is 10.1. The molecule has 0 aliphatic carbocycles. The SMILES string of the molecule is CCCC(NC(=O)c1cc(O)[nH]c(=O)c1)C(=O)O. The molecule has 1 unspecified atom stereocenters. The second kappa shape index (κ2) is 5.85. The number of carboxylic acid groups (broad SMARTS) is 1. The molecule has 1 amide bonds. The summed E-state index contributed by atoms with van der Waals surface area (Å²) >= 11 is 0. The van der Waals surface area contributed by atoms with Crippen molar-refractivity contribution in [3.05, 3.63) is 28.0 Å². The van der Waals surface area contributed by atoms with E-state index < -0.39 is 29.4 Å². The van der Waals surface area contributed by atoms with Crippen molar-refractivity contribution in [1.29, 1.82) is 0 Å². The number of pyridine rings is 1. The van der Waals surface area contributed by atoms with Crippen molar-refractivity contribution in [1.82, 2.24) is 10.3 Å². The fourth-order valence-corrected chi connectivity index (χ4v) is 1.45. The van der Waals surface area contributed by atoms with E-state index in [9.17, 15) is 14.4 Å². The Kier molecular flexibility index (Phi) is 4.47. The maximum absolute atomic E-state index is 11.7. The number of hydrogen-bond acceptors (Lipinski definition) is 4. The Hall–Kier alpha value is -2.31. The second-order valence-corrected chi connectivity index (χ2v) is 3.77. The van der Waals surface area contributed by atoms with Crippen LogP contribution in [0.5, 0.6) is 5.88 Å². The van der Waals surface area contributed by atoms with Crippen molar-refractivity contribution >= 4 is 11.9 Å². The molecule has 1 rings (SSSR count). The van der Waals surface area contributed by atoms with Gasteiger partial charge in [-0.05, 0) is 6.42 Å². The van der Waals surface area contributed by atoms with Crippen LogP contribution in [-0.4, -0.2) is 33.1 Å². The van der Waals surface area contributed by atoms with Gasteiger partial charge in [0.25, 0.3) is 11.5 Å². The van der Waals surface area contributed by atoms with Crippen LogP contribution in [0.25, 0.3) is 0 Å². The van der Waals surface area contributed by atoms with E-state index in [0.717, 1.165) is 12.1 Å². The van der Waals surface area contributed by atoms with Crippen LogP contribution in [0.1, 0.15) is 30.1 Å². The van der Waals surface area contributed by atoms with E-state index in [1.165, 1.54) is 0 Å². The van der Waals surface area contributed by atoms with E-state index >= 15 is 0 Å². The summed E-state index contributed by atoms with van der Waals surface area (Å²) in [6, 6.07) is 1.03. The number of carbonyl (C=O) groups is 2. The van der Waals surface area contributed by atoms with E-state index in [-0.39, 0.29) is 12.0 Å². The normalized spacial score (nSPS) is 11.8. The first-order chi connectivity index (χ1) is 8.43. The Morgan fingerprint density at radius 1 is 1.44 bits per heavy atom. The van der Waals surface area contributed by atoms with Gasteiger partial charge in [-0.15, -0.1) is 0 Å². The number of nitrogens with one attached hydrogen (secondary N) is 2. The van der Waals surface area contributed by atoms with E-state index in [0.29, 0.717) is 6.42 Å². The van der Waals surface area contributed by atoms with Crippen LogP contribution < -0.4 is 10.9 Å². The van der Waals surface area contributed by atoms with Gasteiger partial charge in [0.05, 0.1) is 5.56 Å². The standard InChI is InChI=1S/C11H14N2O5/c1-2-3-7(11(17)18)12-10(16)6-4-8(14)13-9(15)5-6/h4-5,7H,2-3H2,1H3,(H,12,16)(H,17,18)(H2,13,14,15). The summed E-state index contributed by atoms with van der Waals surface area (Å²) in [5, 5.41) is 20.3. The van der Waals surface area contributed by atoms with Crippen molar-refractivity contribution in [2.75, 3.05) is 0 Å². The summed E-state index contributed by atoms with van der Waals surface area (Å²) in [6.07, 6.45) is 0.883. The molecule has 0 aromatic carbocycles. The van der Waals surface area contributed by atoms with Gasteiger partial charge in [-0.2, -0.15) is 0 Å². The number of rotatable bonds is 5. The monoisotopic (exact) mass is 254 g/mol. The highest BCUT2D eigenvalue weighted by Crippen LogP contribution is 2.05. The average Bonchev–Trinajstić information content (AvgIpc) is 2.26. The number of carbonyl (C=O) groups excluding carboxylic acids is 1. The van der Waals surface area contributed by atoms with Crippen molar-refractivity contribution < 1.29 is 19.8 Å². The third-order valence-corrected chi connectivity index (χ3v) is 2.27. The molecule has 0 aliphatic heterocycles. The summed E-state index contributed by atoms with van der Waals surface area (Å²) in [7, 11) is 0.